The number of rotatable bonds is 16. The van der Waals surface area contributed by atoms with Gasteiger partial charge in [-0.2, -0.15) is 0 Å². The highest BCUT2D eigenvalue weighted by Gasteiger charge is 2.21. The fraction of sp³-hybridized carbons (Fsp3) is 0.154. The Morgan fingerprint density at radius 1 is 0.569 bits per heavy atom. The van der Waals surface area contributed by atoms with E-state index in [0.29, 0.717) is 5.56 Å². The lowest BCUT2D eigenvalue weighted by Crippen LogP contribution is -2.16. The molecule has 0 saturated heterocycles. The van der Waals surface area contributed by atoms with E-state index in [1.165, 1.54) is 82.7 Å². The van der Waals surface area contributed by atoms with Crippen LogP contribution in [0.2, 0.25) is 0 Å². The normalized spacial score (nSPS) is 10.5. The van der Waals surface area contributed by atoms with Crippen LogP contribution in [0.5, 0.6) is 28.7 Å². The summed E-state index contributed by atoms with van der Waals surface area (Å²) in [5, 5.41) is 0. The Kier molecular flexibility index (Phi) is 14.1. The van der Waals surface area contributed by atoms with Crippen LogP contribution < -0.4 is 23.7 Å². The second kappa shape index (κ2) is 18.4. The number of hydrogen-bond donors (Lipinski definition) is 0. The lowest BCUT2D eigenvalue weighted by atomic mass is 10.0. The minimum absolute atomic E-state index is 0.000756. The summed E-state index contributed by atoms with van der Waals surface area (Å²) in [6.07, 6.45) is 2.35. The summed E-state index contributed by atoms with van der Waals surface area (Å²) in [6.45, 7) is 17.3. The lowest BCUT2D eigenvalue weighted by molar-refractivity contribution is -0.131. The van der Waals surface area contributed by atoms with Crippen molar-refractivity contribution in [3.63, 3.8) is 0 Å². The average molecular weight is 697 g/mol. The van der Waals surface area contributed by atoms with Crippen molar-refractivity contribution in [3.05, 3.63) is 121 Å². The van der Waals surface area contributed by atoms with E-state index in [2.05, 4.69) is 26.3 Å². The zero-order valence-electron chi connectivity index (χ0n) is 28.6. The van der Waals surface area contributed by atoms with E-state index in [9.17, 15) is 24.0 Å². The number of esters is 5. The van der Waals surface area contributed by atoms with Gasteiger partial charge in [0.1, 0.15) is 28.7 Å². The Balaban J connectivity index is 2.05. The highest BCUT2D eigenvalue weighted by atomic mass is 16.6. The molecular formula is C39H36O12. The molecule has 0 aliphatic rings. The molecule has 0 saturated carbocycles. The van der Waals surface area contributed by atoms with E-state index in [1.54, 1.807) is 12.1 Å². The molecule has 3 aromatic rings. The van der Waals surface area contributed by atoms with Gasteiger partial charge in [0.15, 0.2) is 0 Å². The lowest BCUT2D eigenvalue weighted by Gasteiger charge is -2.16. The van der Waals surface area contributed by atoms with Crippen molar-refractivity contribution in [3.8, 4) is 39.9 Å². The predicted octanol–water partition coefficient (Wildman–Crippen LogP) is 6.15. The summed E-state index contributed by atoms with van der Waals surface area (Å²) < 4.78 is 37.1. The molecule has 0 aliphatic carbocycles. The number of hydrogen-bond acceptors (Lipinski definition) is 12. The van der Waals surface area contributed by atoms with Gasteiger partial charge in [-0.15, -0.1) is 0 Å². The van der Waals surface area contributed by atoms with E-state index in [0.717, 1.165) is 6.08 Å². The Labute approximate surface area is 294 Å². The van der Waals surface area contributed by atoms with Crippen molar-refractivity contribution in [2.45, 2.75) is 13.8 Å². The Hall–Kier alpha value is -6.37. The van der Waals surface area contributed by atoms with Crippen LogP contribution >= 0.6 is 0 Å². The zero-order valence-corrected chi connectivity index (χ0v) is 28.6. The van der Waals surface area contributed by atoms with Crippen molar-refractivity contribution >= 4 is 35.9 Å². The molecule has 3 aromatic carbocycles. The maximum absolute atomic E-state index is 12.9. The highest BCUT2D eigenvalue weighted by Crippen LogP contribution is 2.38. The first kappa shape index (κ1) is 39.1. The standard InChI is InChI=1S/C39H36O12/c1-23(2)36(41)48-30-12-9-27(10-13-30)32-20-33(50-38(43)25(5)21-45-7)28(19-34(32)51-39(44)26(6)22-46-8)11-18-35(40)47-29-14-16-31(17-15-29)49-37(42)24(3)4/h9-20H,1,3,5-6,21-22H2,2,4,7-8H3/b18-11+. The van der Waals surface area contributed by atoms with Crippen LogP contribution in [0.4, 0.5) is 0 Å². The molecule has 0 radical (unpaired) electrons. The van der Waals surface area contributed by atoms with E-state index >= 15 is 0 Å². The molecule has 0 N–H and O–H groups in total. The Morgan fingerprint density at radius 3 is 1.45 bits per heavy atom. The van der Waals surface area contributed by atoms with Crippen molar-refractivity contribution < 1.29 is 57.1 Å². The molecular weight excluding hydrogens is 660 g/mol. The summed E-state index contributed by atoms with van der Waals surface area (Å²) in [5.41, 5.74) is 1.30. The van der Waals surface area contributed by atoms with Gasteiger partial charge in [-0.05, 0) is 74.0 Å². The molecule has 3 rings (SSSR count). The van der Waals surface area contributed by atoms with E-state index in [-0.39, 0.29) is 75.4 Å². The molecule has 0 amide bonds. The second-order valence-corrected chi connectivity index (χ2v) is 10.8. The molecule has 0 aromatic heterocycles. The molecule has 51 heavy (non-hydrogen) atoms. The first-order valence-electron chi connectivity index (χ1n) is 15.0. The Bertz CT molecular complexity index is 1900. The van der Waals surface area contributed by atoms with Crippen molar-refractivity contribution in [2.24, 2.45) is 0 Å². The molecule has 12 nitrogen and oxygen atoms in total. The summed E-state index contributed by atoms with van der Waals surface area (Å²) in [7, 11) is 2.78. The summed E-state index contributed by atoms with van der Waals surface area (Å²) >= 11 is 0. The number of carbonyl (C=O) groups is 5. The molecule has 0 spiro atoms. The van der Waals surface area contributed by atoms with Crippen LogP contribution in [-0.4, -0.2) is 57.3 Å². The predicted molar refractivity (Wildman–Crippen MR) is 187 cm³/mol. The maximum Gasteiger partial charge on any atom is 0.341 e. The van der Waals surface area contributed by atoms with Crippen LogP contribution in [0.25, 0.3) is 17.2 Å². The topological polar surface area (TPSA) is 150 Å². The molecule has 0 bridgehead atoms. The van der Waals surface area contributed by atoms with Gasteiger partial charge >= 0.3 is 29.8 Å². The summed E-state index contributed by atoms with van der Waals surface area (Å²) in [5.74, 6) is -3.15. The van der Waals surface area contributed by atoms with Crippen LogP contribution in [0, 0.1) is 0 Å². The minimum atomic E-state index is -0.826. The van der Waals surface area contributed by atoms with Gasteiger partial charge in [0.25, 0.3) is 0 Å². The first-order valence-corrected chi connectivity index (χ1v) is 15.0. The number of benzene rings is 3. The van der Waals surface area contributed by atoms with Crippen LogP contribution in [-0.2, 0) is 33.4 Å². The molecule has 0 heterocycles. The van der Waals surface area contributed by atoms with Crippen molar-refractivity contribution in [1.29, 1.82) is 0 Å². The van der Waals surface area contributed by atoms with Gasteiger partial charge in [-0.25, -0.2) is 24.0 Å². The number of ether oxygens (including phenoxy) is 7. The van der Waals surface area contributed by atoms with Crippen molar-refractivity contribution in [2.75, 3.05) is 27.4 Å². The smallest absolute Gasteiger partial charge is 0.341 e. The average Bonchev–Trinajstić information content (AvgIpc) is 3.09. The fourth-order valence-electron chi connectivity index (χ4n) is 3.89. The highest BCUT2D eigenvalue weighted by molar-refractivity contribution is 5.95. The van der Waals surface area contributed by atoms with Crippen LogP contribution in [0.1, 0.15) is 19.4 Å². The van der Waals surface area contributed by atoms with Crippen LogP contribution in [0.15, 0.2) is 115 Å². The molecule has 12 heteroatoms. The summed E-state index contributed by atoms with van der Waals surface area (Å²) in [6, 6.07) is 14.7. The van der Waals surface area contributed by atoms with Gasteiger partial charge < -0.3 is 33.2 Å². The Morgan fingerprint density at radius 2 is 1.00 bits per heavy atom. The molecule has 0 unspecified atom stereocenters. The number of methoxy groups -OCH3 is 2. The van der Waals surface area contributed by atoms with Gasteiger partial charge in [-0.1, -0.05) is 38.4 Å². The van der Waals surface area contributed by atoms with E-state index in [1.807, 2.05) is 0 Å². The third kappa shape index (κ3) is 11.6. The zero-order chi connectivity index (χ0) is 37.7. The molecule has 0 atom stereocenters. The van der Waals surface area contributed by atoms with E-state index < -0.39 is 29.8 Å². The van der Waals surface area contributed by atoms with Gasteiger partial charge in [0.05, 0.1) is 24.4 Å². The molecule has 0 fully saturated rings. The summed E-state index contributed by atoms with van der Waals surface area (Å²) in [4.78, 5) is 62.5. The largest absolute Gasteiger partial charge is 0.423 e. The van der Waals surface area contributed by atoms with E-state index in [4.69, 9.17) is 33.2 Å². The third-order valence-electron chi connectivity index (χ3n) is 6.46. The van der Waals surface area contributed by atoms with Gasteiger partial charge in [-0.3, -0.25) is 0 Å². The number of carbonyl (C=O) groups excluding carboxylic acids is 5. The minimum Gasteiger partial charge on any atom is -0.423 e. The quantitative estimate of drug-likeness (QED) is 0.0960. The monoisotopic (exact) mass is 696 g/mol. The SMILES string of the molecule is C=C(C)C(=O)Oc1ccc(OC(=O)/C=C/c2cc(OC(=O)C(=C)COC)c(-c3ccc(OC(=O)C(=C)C)cc3)cc2OC(=O)C(=C)COC)cc1. The first-order chi connectivity index (χ1) is 24.2. The van der Waals surface area contributed by atoms with Crippen LogP contribution in [0.3, 0.4) is 0 Å². The van der Waals surface area contributed by atoms with Crippen molar-refractivity contribution in [1.82, 2.24) is 0 Å². The fourth-order valence-corrected chi connectivity index (χ4v) is 3.89. The third-order valence-corrected chi connectivity index (χ3v) is 6.46. The molecule has 0 aliphatic heterocycles. The van der Waals surface area contributed by atoms with Gasteiger partial charge in [0, 0.05) is 42.6 Å². The second-order valence-electron chi connectivity index (χ2n) is 10.8. The maximum atomic E-state index is 12.9. The molecule has 264 valence electrons. The van der Waals surface area contributed by atoms with Gasteiger partial charge in [0.2, 0.25) is 0 Å².